The van der Waals surface area contributed by atoms with Crippen LogP contribution in [0.1, 0.15) is 33.1 Å². The van der Waals surface area contributed by atoms with Crippen LogP contribution in [-0.4, -0.2) is 27.3 Å². The van der Waals surface area contributed by atoms with E-state index in [0.29, 0.717) is 22.7 Å². The van der Waals surface area contributed by atoms with Crippen molar-refractivity contribution in [1.82, 2.24) is 14.9 Å². The van der Waals surface area contributed by atoms with E-state index < -0.39 is 17.2 Å². The number of thioether (sulfide) groups is 1. The van der Waals surface area contributed by atoms with Crippen LogP contribution in [0.15, 0.2) is 52.4 Å². The number of hydrogen-bond donors (Lipinski definition) is 1. The van der Waals surface area contributed by atoms with Crippen LogP contribution < -0.4 is 10.9 Å². The Kier molecular flexibility index (Phi) is 6.60. The first-order valence-electron chi connectivity index (χ1n) is 10.7. The van der Waals surface area contributed by atoms with Crippen molar-refractivity contribution in [3.63, 3.8) is 0 Å². The van der Waals surface area contributed by atoms with Crippen LogP contribution in [0.4, 0.5) is 8.78 Å². The lowest BCUT2D eigenvalue weighted by Crippen LogP contribution is -2.44. The Morgan fingerprint density at radius 2 is 1.97 bits per heavy atom. The van der Waals surface area contributed by atoms with Crippen LogP contribution >= 0.6 is 11.8 Å². The molecule has 1 heterocycles. The predicted molar refractivity (Wildman–Crippen MR) is 122 cm³/mol. The fraction of sp³-hybridized carbons (Fsp3) is 0.375. The lowest BCUT2D eigenvalue weighted by molar-refractivity contribution is -0.120. The molecule has 5 nitrogen and oxygen atoms in total. The number of amides is 1. The number of fused-ring (bicyclic) bond motifs is 1. The smallest absolute Gasteiger partial charge is 0.266 e. The van der Waals surface area contributed by atoms with Gasteiger partial charge in [0.05, 0.1) is 22.3 Å². The lowest BCUT2D eigenvalue weighted by atomic mass is 9.78. The second-order valence-electron chi connectivity index (χ2n) is 8.38. The summed E-state index contributed by atoms with van der Waals surface area (Å²) >= 11 is 1.06. The van der Waals surface area contributed by atoms with E-state index >= 15 is 0 Å². The highest BCUT2D eigenvalue weighted by Crippen LogP contribution is 2.30. The van der Waals surface area contributed by atoms with E-state index in [1.807, 2.05) is 0 Å². The maximum Gasteiger partial charge on any atom is 0.266 e. The molecule has 0 bridgehead atoms. The van der Waals surface area contributed by atoms with Gasteiger partial charge in [-0.3, -0.25) is 14.2 Å². The molecule has 1 aliphatic carbocycles. The van der Waals surface area contributed by atoms with Gasteiger partial charge in [0.25, 0.3) is 5.56 Å². The number of para-hydroxylation sites is 1. The first-order valence-corrected chi connectivity index (χ1v) is 11.7. The number of carbonyl (C=O) groups is 1. The number of rotatable bonds is 5. The van der Waals surface area contributed by atoms with Crippen LogP contribution in [0.5, 0.6) is 0 Å². The summed E-state index contributed by atoms with van der Waals surface area (Å²) in [5, 5.41) is 3.60. The van der Waals surface area contributed by atoms with Crippen molar-refractivity contribution in [1.29, 1.82) is 0 Å². The molecule has 3 aromatic rings. The van der Waals surface area contributed by atoms with Gasteiger partial charge in [-0.1, -0.05) is 50.6 Å². The standard InChI is InChI=1S/C24H25F2N3O2S/c1-14-6-5-9-19(15(14)2)27-22(30)13-32-24-28-20-8-4-3-7-17(20)23(31)29(24)21-11-10-16(25)12-18(21)26/h3-4,7-8,10-12,14-15,19H,5-6,9,13H2,1-2H3,(H,27,30)/t14-,15+,19+/m1/s1. The first kappa shape index (κ1) is 22.5. The van der Waals surface area contributed by atoms with Crippen molar-refractivity contribution >= 4 is 28.6 Å². The third kappa shape index (κ3) is 4.55. The van der Waals surface area contributed by atoms with Crippen LogP contribution in [0.25, 0.3) is 16.6 Å². The van der Waals surface area contributed by atoms with Crippen LogP contribution in [0.3, 0.4) is 0 Å². The zero-order valence-electron chi connectivity index (χ0n) is 18.0. The Labute approximate surface area is 189 Å². The number of carbonyl (C=O) groups excluding carboxylic acids is 1. The minimum atomic E-state index is -0.875. The highest BCUT2D eigenvalue weighted by Gasteiger charge is 2.28. The number of aromatic nitrogens is 2. The minimum Gasteiger partial charge on any atom is -0.352 e. The number of nitrogens with zero attached hydrogens (tertiary/aromatic N) is 2. The summed E-state index contributed by atoms with van der Waals surface area (Å²) in [6.07, 6.45) is 3.19. The van der Waals surface area contributed by atoms with E-state index in [1.165, 1.54) is 12.5 Å². The molecule has 1 aromatic heterocycles. The maximum absolute atomic E-state index is 14.6. The summed E-state index contributed by atoms with van der Waals surface area (Å²) in [5.74, 6) is -0.795. The van der Waals surface area contributed by atoms with Crippen molar-refractivity contribution in [2.75, 3.05) is 5.75 Å². The molecule has 3 atom stereocenters. The predicted octanol–water partition coefficient (Wildman–Crippen LogP) is 4.70. The zero-order valence-corrected chi connectivity index (χ0v) is 18.8. The van der Waals surface area contributed by atoms with Gasteiger partial charge in [0.1, 0.15) is 11.6 Å². The molecule has 0 spiro atoms. The summed E-state index contributed by atoms with van der Waals surface area (Å²) in [7, 11) is 0. The van der Waals surface area contributed by atoms with Gasteiger partial charge >= 0.3 is 0 Å². The SMILES string of the molecule is C[C@H]1[C@H](C)CCC[C@@H]1NC(=O)CSc1nc2ccccc2c(=O)n1-c1ccc(F)cc1F. The quantitative estimate of drug-likeness (QED) is 0.446. The molecule has 1 aliphatic rings. The van der Waals surface area contributed by atoms with Gasteiger partial charge in [-0.25, -0.2) is 13.8 Å². The van der Waals surface area contributed by atoms with Crippen molar-refractivity contribution in [2.24, 2.45) is 11.8 Å². The molecule has 0 unspecified atom stereocenters. The summed E-state index contributed by atoms with van der Waals surface area (Å²) in [6.45, 7) is 4.36. The molecule has 0 radical (unpaired) electrons. The van der Waals surface area contributed by atoms with Crippen molar-refractivity contribution in [3.8, 4) is 5.69 Å². The molecule has 2 aromatic carbocycles. The van der Waals surface area contributed by atoms with E-state index in [2.05, 4.69) is 24.1 Å². The van der Waals surface area contributed by atoms with E-state index in [9.17, 15) is 18.4 Å². The Morgan fingerprint density at radius 3 is 2.75 bits per heavy atom. The molecule has 32 heavy (non-hydrogen) atoms. The number of benzene rings is 2. The Bertz CT molecular complexity index is 1210. The van der Waals surface area contributed by atoms with Crippen LogP contribution in [0.2, 0.25) is 0 Å². The van der Waals surface area contributed by atoms with E-state index in [-0.39, 0.29) is 28.5 Å². The zero-order chi connectivity index (χ0) is 22.8. The number of nitrogens with one attached hydrogen (secondary N) is 1. The molecule has 4 rings (SSSR count). The number of halogens is 2. The third-order valence-corrected chi connectivity index (χ3v) is 7.22. The van der Waals surface area contributed by atoms with Crippen molar-refractivity contribution in [2.45, 2.75) is 44.3 Å². The second-order valence-corrected chi connectivity index (χ2v) is 9.32. The molecule has 1 N–H and O–H groups in total. The molecule has 0 aliphatic heterocycles. The topological polar surface area (TPSA) is 64.0 Å². The second kappa shape index (κ2) is 9.40. The Morgan fingerprint density at radius 1 is 1.19 bits per heavy atom. The van der Waals surface area contributed by atoms with E-state index in [4.69, 9.17) is 0 Å². The molecule has 168 valence electrons. The Balaban J connectivity index is 1.64. The first-order chi connectivity index (χ1) is 15.3. The molecular weight excluding hydrogens is 432 g/mol. The molecule has 1 saturated carbocycles. The van der Waals surface area contributed by atoms with Gasteiger partial charge in [0.2, 0.25) is 5.91 Å². The fourth-order valence-corrected chi connectivity index (χ4v) is 5.07. The van der Waals surface area contributed by atoms with E-state index in [1.54, 1.807) is 24.3 Å². The van der Waals surface area contributed by atoms with Gasteiger partial charge in [0.15, 0.2) is 5.16 Å². The van der Waals surface area contributed by atoms with Crippen LogP contribution in [-0.2, 0) is 4.79 Å². The lowest BCUT2D eigenvalue weighted by Gasteiger charge is -2.34. The largest absolute Gasteiger partial charge is 0.352 e. The average Bonchev–Trinajstić information content (AvgIpc) is 2.76. The summed E-state index contributed by atoms with van der Waals surface area (Å²) in [6, 6.07) is 9.89. The molecule has 0 saturated heterocycles. The highest BCUT2D eigenvalue weighted by atomic mass is 32.2. The maximum atomic E-state index is 14.6. The normalized spacial score (nSPS) is 20.9. The Hall–Kier alpha value is -2.74. The van der Waals surface area contributed by atoms with Gasteiger partial charge in [-0.05, 0) is 42.5 Å². The summed E-state index contributed by atoms with van der Waals surface area (Å²) < 4.78 is 29.1. The molecule has 1 fully saturated rings. The van der Waals surface area contributed by atoms with Crippen molar-refractivity contribution in [3.05, 3.63) is 64.5 Å². The van der Waals surface area contributed by atoms with Gasteiger partial charge in [-0.2, -0.15) is 0 Å². The third-order valence-electron chi connectivity index (χ3n) is 6.28. The number of hydrogen-bond acceptors (Lipinski definition) is 4. The fourth-order valence-electron chi connectivity index (χ4n) is 4.25. The van der Waals surface area contributed by atoms with Crippen molar-refractivity contribution < 1.29 is 13.6 Å². The summed E-state index contributed by atoms with van der Waals surface area (Å²) in [5.41, 5.74) is -0.125. The van der Waals surface area contributed by atoms with Gasteiger partial charge in [-0.15, -0.1) is 0 Å². The average molecular weight is 458 g/mol. The van der Waals surface area contributed by atoms with Gasteiger partial charge in [0, 0.05) is 12.1 Å². The summed E-state index contributed by atoms with van der Waals surface area (Å²) in [4.78, 5) is 30.4. The van der Waals surface area contributed by atoms with Crippen LogP contribution in [0, 0.1) is 23.5 Å². The molecule has 1 amide bonds. The van der Waals surface area contributed by atoms with E-state index in [0.717, 1.165) is 41.3 Å². The molecule has 8 heteroatoms. The molecular formula is C24H25F2N3O2S. The minimum absolute atomic E-state index is 0.0329. The monoisotopic (exact) mass is 457 g/mol. The highest BCUT2D eigenvalue weighted by molar-refractivity contribution is 7.99. The van der Waals surface area contributed by atoms with Gasteiger partial charge < -0.3 is 5.32 Å².